The van der Waals surface area contributed by atoms with E-state index in [1.165, 1.54) is 64.9 Å². The quantitative estimate of drug-likeness (QED) is 0.394. The van der Waals surface area contributed by atoms with Gasteiger partial charge in [-0.15, -0.1) is 0 Å². The summed E-state index contributed by atoms with van der Waals surface area (Å²) in [5, 5.41) is 0.283. The van der Waals surface area contributed by atoms with Crippen molar-refractivity contribution in [2.45, 2.75) is 98.3 Å². The highest BCUT2D eigenvalue weighted by Crippen LogP contribution is 2.68. The monoisotopic (exact) mass is 462 g/mol. The molecule has 0 aromatic heterocycles. The maximum atomic E-state index is 11.7. The van der Waals surface area contributed by atoms with E-state index in [2.05, 4.69) is 20.8 Å². The summed E-state index contributed by atoms with van der Waals surface area (Å²) in [4.78, 5) is 23.2. The van der Waals surface area contributed by atoms with Crippen LogP contribution in [-0.4, -0.2) is 23.9 Å². The van der Waals surface area contributed by atoms with Crippen LogP contribution < -0.4 is 0 Å². The second-order valence-corrected chi connectivity index (χ2v) is 13.6. The topological polar surface area (TPSA) is 43.4 Å². The first-order valence-corrected chi connectivity index (χ1v) is 14.4. The molecule has 4 saturated carbocycles. The molecule has 182 valence electrons. The van der Waals surface area contributed by atoms with E-state index < -0.39 is 0 Å². The number of fused-ring (bicyclic) bond motifs is 5. The molecule has 0 N–H and O–H groups in total. The molecule has 4 fully saturated rings. The molecule has 9 atom stereocenters. The summed E-state index contributed by atoms with van der Waals surface area (Å²) in [5.41, 5.74) is 0.992. The predicted octanol–water partition coefficient (Wildman–Crippen LogP) is 7.13. The second-order valence-electron chi connectivity index (χ2n) is 12.4. The zero-order chi connectivity index (χ0) is 23.1. The third kappa shape index (κ3) is 4.43. The van der Waals surface area contributed by atoms with Gasteiger partial charge in [0, 0.05) is 19.1 Å². The Morgan fingerprint density at radius 2 is 1.72 bits per heavy atom. The van der Waals surface area contributed by atoms with E-state index in [9.17, 15) is 9.59 Å². The van der Waals surface area contributed by atoms with Gasteiger partial charge in [0.1, 0.15) is 0 Å². The van der Waals surface area contributed by atoms with Gasteiger partial charge in [0.05, 0.1) is 7.11 Å². The zero-order valence-corrected chi connectivity index (χ0v) is 22.0. The Hall–Kier alpha value is -0.510. The highest BCUT2D eigenvalue weighted by atomic mass is 32.2. The highest BCUT2D eigenvalue weighted by Gasteiger charge is 2.60. The number of rotatable bonds is 6. The minimum absolute atomic E-state index is 0.0520. The van der Waals surface area contributed by atoms with Gasteiger partial charge >= 0.3 is 5.97 Å². The summed E-state index contributed by atoms with van der Waals surface area (Å²) in [6.07, 6.45) is 14.0. The Morgan fingerprint density at radius 1 is 1.00 bits per heavy atom. The molecule has 32 heavy (non-hydrogen) atoms. The number of esters is 1. The van der Waals surface area contributed by atoms with E-state index in [4.69, 9.17) is 4.74 Å². The lowest BCUT2D eigenvalue weighted by Gasteiger charge is -2.61. The van der Waals surface area contributed by atoms with Crippen molar-refractivity contribution < 1.29 is 14.3 Å². The minimum atomic E-state index is -0.0520. The van der Waals surface area contributed by atoms with Crippen molar-refractivity contribution in [2.24, 2.45) is 52.3 Å². The number of hydrogen-bond donors (Lipinski definition) is 0. The lowest BCUT2D eigenvalue weighted by atomic mass is 9.44. The molecule has 4 heteroatoms. The zero-order valence-electron chi connectivity index (χ0n) is 21.2. The molecule has 9 unspecified atom stereocenters. The van der Waals surface area contributed by atoms with Crippen LogP contribution in [0.2, 0.25) is 0 Å². The Morgan fingerprint density at radius 3 is 2.44 bits per heavy atom. The number of carbonyl (C=O) groups excluding carboxylic acids is 2. The van der Waals surface area contributed by atoms with Crippen LogP contribution in [0.4, 0.5) is 0 Å². The number of methoxy groups -OCH3 is 1. The fraction of sp³-hybridized carbons (Fsp3) is 0.929. The van der Waals surface area contributed by atoms with Crippen LogP contribution >= 0.6 is 11.8 Å². The average Bonchev–Trinajstić information content (AvgIpc) is 3.12. The number of carbonyl (C=O) groups is 2. The van der Waals surface area contributed by atoms with E-state index in [1.807, 2.05) is 0 Å². The van der Waals surface area contributed by atoms with Crippen molar-refractivity contribution in [3.8, 4) is 0 Å². The van der Waals surface area contributed by atoms with Crippen molar-refractivity contribution in [2.75, 3.05) is 12.9 Å². The molecule has 0 spiro atoms. The maximum absolute atomic E-state index is 11.7. The molecule has 3 nitrogen and oxygen atoms in total. The van der Waals surface area contributed by atoms with Gasteiger partial charge in [-0.05, 0) is 116 Å². The van der Waals surface area contributed by atoms with Crippen LogP contribution in [0.3, 0.4) is 0 Å². The predicted molar refractivity (Wildman–Crippen MR) is 132 cm³/mol. The lowest BCUT2D eigenvalue weighted by molar-refractivity contribution is -0.141. The van der Waals surface area contributed by atoms with E-state index >= 15 is 0 Å². The van der Waals surface area contributed by atoms with Gasteiger partial charge in [0.2, 0.25) is 0 Å². The van der Waals surface area contributed by atoms with E-state index in [0.717, 1.165) is 47.7 Å². The van der Waals surface area contributed by atoms with Gasteiger partial charge in [0.15, 0.2) is 5.12 Å². The van der Waals surface area contributed by atoms with Gasteiger partial charge in [-0.2, -0.15) is 0 Å². The minimum Gasteiger partial charge on any atom is -0.469 e. The lowest BCUT2D eigenvalue weighted by Crippen LogP contribution is -2.53. The molecular weight excluding hydrogens is 416 g/mol. The first-order chi connectivity index (χ1) is 15.2. The third-order valence-corrected chi connectivity index (χ3v) is 12.1. The van der Waals surface area contributed by atoms with Gasteiger partial charge in [-0.1, -0.05) is 32.5 Å². The number of hydrogen-bond acceptors (Lipinski definition) is 4. The molecule has 4 aliphatic carbocycles. The van der Waals surface area contributed by atoms with E-state index in [1.54, 1.807) is 18.7 Å². The van der Waals surface area contributed by atoms with E-state index in [-0.39, 0.29) is 11.1 Å². The van der Waals surface area contributed by atoms with Crippen LogP contribution in [0.5, 0.6) is 0 Å². The number of ether oxygens (including phenoxy) is 1. The van der Waals surface area contributed by atoms with Gasteiger partial charge in [0.25, 0.3) is 0 Å². The van der Waals surface area contributed by atoms with Crippen LogP contribution in [0, 0.1) is 52.3 Å². The summed E-state index contributed by atoms with van der Waals surface area (Å²) in [6, 6.07) is 0. The van der Waals surface area contributed by atoms with Crippen molar-refractivity contribution in [1.29, 1.82) is 0 Å². The largest absolute Gasteiger partial charge is 0.469 e. The molecule has 0 saturated heterocycles. The van der Waals surface area contributed by atoms with Crippen LogP contribution in [0.1, 0.15) is 98.3 Å². The Bertz CT molecular complexity index is 707. The van der Waals surface area contributed by atoms with Crippen molar-refractivity contribution in [1.82, 2.24) is 0 Å². The van der Waals surface area contributed by atoms with E-state index in [0.29, 0.717) is 23.2 Å². The maximum Gasteiger partial charge on any atom is 0.305 e. The van der Waals surface area contributed by atoms with Gasteiger partial charge in [-0.25, -0.2) is 0 Å². The van der Waals surface area contributed by atoms with Crippen LogP contribution in [0.15, 0.2) is 0 Å². The Kier molecular flexibility index (Phi) is 7.40. The third-order valence-electron chi connectivity index (χ3n) is 11.1. The molecule has 0 radical (unpaired) electrons. The van der Waals surface area contributed by atoms with Gasteiger partial charge < -0.3 is 4.74 Å². The summed E-state index contributed by atoms with van der Waals surface area (Å²) >= 11 is 1.55. The molecule has 0 amide bonds. The molecule has 0 bridgehead atoms. The molecule has 0 heterocycles. The molecule has 0 aliphatic heterocycles. The normalized spacial score (nSPS) is 44.2. The molecule has 4 rings (SSSR count). The summed E-state index contributed by atoms with van der Waals surface area (Å²) < 4.78 is 4.90. The number of thioether (sulfide) groups is 1. The Balaban J connectivity index is 1.42. The fourth-order valence-electron chi connectivity index (χ4n) is 9.36. The fourth-order valence-corrected chi connectivity index (χ4v) is 10.1. The van der Waals surface area contributed by atoms with Crippen molar-refractivity contribution in [3.63, 3.8) is 0 Å². The first-order valence-electron chi connectivity index (χ1n) is 13.4. The second kappa shape index (κ2) is 9.62. The molecule has 0 aromatic carbocycles. The van der Waals surface area contributed by atoms with Crippen LogP contribution in [0.25, 0.3) is 0 Å². The summed E-state index contributed by atoms with van der Waals surface area (Å²) in [7, 11) is 1.51. The molecular formula is C28H46O3S. The average molecular weight is 463 g/mol. The first kappa shape index (κ1) is 24.6. The SMILES string of the molecule is COC(=O)CCC(C)C1CCC2C3CCC4CC(CSC(C)=O)CCC4(C)C3CCC12C. The summed E-state index contributed by atoms with van der Waals surface area (Å²) in [5.74, 6) is 6.70. The highest BCUT2D eigenvalue weighted by molar-refractivity contribution is 8.13. The van der Waals surface area contributed by atoms with Crippen LogP contribution in [-0.2, 0) is 14.3 Å². The molecule has 4 aliphatic rings. The van der Waals surface area contributed by atoms with Crippen molar-refractivity contribution >= 4 is 22.8 Å². The smallest absolute Gasteiger partial charge is 0.305 e. The standard InChI is InChI=1S/C28H46O3S/c1-18(6-11-26(30)31-5)23-9-10-24-22-8-7-21-16-20(17-32-19(2)29)12-14-27(21,3)25(22)13-15-28(23,24)4/h18,20-25H,6-17H2,1-5H3. The molecule has 0 aromatic rings. The van der Waals surface area contributed by atoms with Gasteiger partial charge in [-0.3, -0.25) is 9.59 Å². The Labute approximate surface area is 200 Å². The van der Waals surface area contributed by atoms with Crippen molar-refractivity contribution in [3.05, 3.63) is 0 Å². The summed E-state index contributed by atoms with van der Waals surface area (Å²) in [6.45, 7) is 9.38.